The van der Waals surface area contributed by atoms with E-state index >= 15 is 0 Å². The second-order valence-corrected chi connectivity index (χ2v) is 10.0. The van der Waals surface area contributed by atoms with Crippen molar-refractivity contribution in [1.29, 1.82) is 0 Å². The summed E-state index contributed by atoms with van der Waals surface area (Å²) in [5.74, 6) is 5.61. The van der Waals surface area contributed by atoms with Gasteiger partial charge in [0.05, 0.1) is 5.56 Å². The molecular formula is C30H31F5O. The van der Waals surface area contributed by atoms with Crippen molar-refractivity contribution in [3.8, 4) is 17.6 Å². The molecule has 0 heterocycles. The number of allylic oxidation sites excluding steroid dienone is 2. The molecule has 0 radical (unpaired) electrons. The summed E-state index contributed by atoms with van der Waals surface area (Å²) in [4.78, 5) is 0. The molecule has 4 atom stereocenters. The number of hydrogen-bond acceptors (Lipinski definition) is 1. The molecule has 192 valence electrons. The summed E-state index contributed by atoms with van der Waals surface area (Å²) < 4.78 is 70.4. The summed E-state index contributed by atoms with van der Waals surface area (Å²) >= 11 is 0. The Kier molecular flexibility index (Phi) is 8.39. The maximum atomic E-state index is 14.9. The molecule has 0 aromatic heterocycles. The van der Waals surface area contributed by atoms with Gasteiger partial charge >= 0.3 is 6.36 Å². The Morgan fingerprint density at radius 2 is 1.58 bits per heavy atom. The maximum Gasteiger partial charge on any atom is 0.573 e. The first-order chi connectivity index (χ1) is 17.2. The van der Waals surface area contributed by atoms with Crippen LogP contribution in [-0.4, -0.2) is 6.36 Å². The van der Waals surface area contributed by atoms with Gasteiger partial charge in [0.2, 0.25) is 0 Å². The number of ether oxygens (including phenoxy) is 1. The summed E-state index contributed by atoms with van der Waals surface area (Å²) in [5.41, 5.74) is 0.689. The van der Waals surface area contributed by atoms with E-state index in [1.807, 2.05) is 0 Å². The van der Waals surface area contributed by atoms with E-state index in [9.17, 15) is 22.0 Å². The lowest BCUT2D eigenvalue weighted by Gasteiger charge is -2.42. The molecule has 2 saturated carbocycles. The number of halogens is 5. The van der Waals surface area contributed by atoms with Crippen LogP contribution >= 0.6 is 0 Å². The molecule has 4 rings (SSSR count). The number of benzene rings is 2. The van der Waals surface area contributed by atoms with Crippen LogP contribution in [-0.2, 0) is 0 Å². The van der Waals surface area contributed by atoms with Gasteiger partial charge < -0.3 is 4.74 Å². The monoisotopic (exact) mass is 502 g/mol. The lowest BCUT2D eigenvalue weighted by Crippen LogP contribution is -2.30. The number of hydrogen-bond donors (Lipinski definition) is 0. The molecule has 2 aromatic rings. The Balaban J connectivity index is 1.39. The summed E-state index contributed by atoms with van der Waals surface area (Å²) in [6.07, 6.45) is 8.70. The van der Waals surface area contributed by atoms with Crippen molar-refractivity contribution in [3.05, 3.63) is 76.9 Å². The standard InChI is InChI=1S/C30H31F5O/c1-2-3-4-5-21-6-10-23-17-24(12-11-22(23)16-21)25-18-28(31)27(29(32)19-25)15-9-20-7-13-26(14-8-20)36-30(33,34)35/h2-3,7-8,13-14,18-19,21-24H,4-6,10-12,16-17H2,1H3/b3-2+. The summed E-state index contributed by atoms with van der Waals surface area (Å²) in [6.45, 7) is 2.06. The first kappa shape index (κ1) is 26.3. The Hall–Kier alpha value is -2.81. The van der Waals surface area contributed by atoms with Gasteiger partial charge in [-0.15, -0.1) is 13.2 Å². The van der Waals surface area contributed by atoms with E-state index in [4.69, 9.17) is 0 Å². The average Bonchev–Trinajstić information content (AvgIpc) is 2.83. The van der Waals surface area contributed by atoms with Crippen LogP contribution in [0.3, 0.4) is 0 Å². The largest absolute Gasteiger partial charge is 0.573 e. The zero-order valence-electron chi connectivity index (χ0n) is 20.4. The van der Waals surface area contributed by atoms with Crippen LogP contribution in [0.5, 0.6) is 5.75 Å². The first-order valence-corrected chi connectivity index (χ1v) is 12.7. The normalized spacial score (nSPS) is 24.2. The fourth-order valence-electron chi connectivity index (χ4n) is 5.87. The quantitative estimate of drug-likeness (QED) is 0.225. The molecule has 2 fully saturated rings. The topological polar surface area (TPSA) is 9.23 Å². The highest BCUT2D eigenvalue weighted by molar-refractivity contribution is 5.46. The van der Waals surface area contributed by atoms with Gasteiger partial charge in [-0.3, -0.25) is 0 Å². The number of fused-ring (bicyclic) bond motifs is 1. The molecule has 0 N–H and O–H groups in total. The Morgan fingerprint density at radius 1 is 0.917 bits per heavy atom. The van der Waals surface area contributed by atoms with E-state index in [1.54, 1.807) is 0 Å². The van der Waals surface area contributed by atoms with Crippen LogP contribution in [0.4, 0.5) is 22.0 Å². The van der Waals surface area contributed by atoms with Gasteiger partial charge in [0, 0.05) is 5.56 Å². The lowest BCUT2D eigenvalue weighted by atomic mass is 9.63. The van der Waals surface area contributed by atoms with Gasteiger partial charge in [-0.05, 0) is 118 Å². The third kappa shape index (κ3) is 6.90. The van der Waals surface area contributed by atoms with E-state index in [2.05, 4.69) is 35.7 Å². The second kappa shape index (κ2) is 11.5. The highest BCUT2D eigenvalue weighted by atomic mass is 19.4. The number of rotatable bonds is 5. The maximum absolute atomic E-state index is 14.9. The molecule has 0 aliphatic heterocycles. The molecule has 2 aliphatic rings. The molecule has 0 amide bonds. The van der Waals surface area contributed by atoms with Crippen molar-refractivity contribution < 1.29 is 26.7 Å². The van der Waals surface area contributed by atoms with Crippen LogP contribution in [0, 0.1) is 41.2 Å². The Labute approximate surface area is 209 Å². The van der Waals surface area contributed by atoms with Gasteiger partial charge in [-0.1, -0.05) is 30.4 Å². The minimum Gasteiger partial charge on any atom is -0.406 e. The minimum atomic E-state index is -4.79. The van der Waals surface area contributed by atoms with Crippen molar-refractivity contribution in [2.45, 2.75) is 70.6 Å². The number of alkyl halides is 3. The SMILES string of the molecule is C/C=C/CCC1CCC2CC(c3cc(F)c(C#Cc4ccc(OC(F)(F)F)cc4)c(F)c3)CCC2C1. The van der Waals surface area contributed by atoms with Crippen LogP contribution in [0.15, 0.2) is 48.6 Å². The van der Waals surface area contributed by atoms with E-state index < -0.39 is 18.0 Å². The zero-order chi connectivity index (χ0) is 25.7. The molecule has 6 heteroatoms. The van der Waals surface area contributed by atoms with Crippen molar-refractivity contribution in [2.24, 2.45) is 17.8 Å². The van der Waals surface area contributed by atoms with E-state index in [-0.39, 0.29) is 17.2 Å². The van der Waals surface area contributed by atoms with Gasteiger partial charge in [-0.25, -0.2) is 8.78 Å². The van der Waals surface area contributed by atoms with Gasteiger partial charge in [0.25, 0.3) is 0 Å². The highest BCUT2D eigenvalue weighted by Crippen LogP contribution is 2.48. The third-order valence-electron chi connectivity index (χ3n) is 7.65. The highest BCUT2D eigenvalue weighted by Gasteiger charge is 2.36. The predicted octanol–water partition coefficient (Wildman–Crippen LogP) is 8.92. The van der Waals surface area contributed by atoms with Crippen LogP contribution in [0.25, 0.3) is 0 Å². The smallest absolute Gasteiger partial charge is 0.406 e. The van der Waals surface area contributed by atoms with Crippen molar-refractivity contribution in [1.82, 2.24) is 0 Å². The predicted molar refractivity (Wildman–Crippen MR) is 130 cm³/mol. The molecule has 0 bridgehead atoms. The molecule has 0 saturated heterocycles. The van der Waals surface area contributed by atoms with E-state index in [0.29, 0.717) is 17.0 Å². The molecule has 1 nitrogen and oxygen atoms in total. The van der Waals surface area contributed by atoms with E-state index in [1.165, 1.54) is 49.9 Å². The van der Waals surface area contributed by atoms with Crippen molar-refractivity contribution >= 4 is 0 Å². The van der Waals surface area contributed by atoms with Gasteiger partial charge in [0.15, 0.2) is 0 Å². The average molecular weight is 503 g/mol. The lowest BCUT2D eigenvalue weighted by molar-refractivity contribution is -0.274. The molecule has 2 aromatic carbocycles. The van der Waals surface area contributed by atoms with E-state index in [0.717, 1.165) is 49.7 Å². The van der Waals surface area contributed by atoms with Gasteiger partial charge in [0.1, 0.15) is 17.4 Å². The molecule has 4 unspecified atom stereocenters. The zero-order valence-corrected chi connectivity index (χ0v) is 20.4. The molecule has 0 spiro atoms. The first-order valence-electron chi connectivity index (χ1n) is 12.7. The van der Waals surface area contributed by atoms with Crippen LogP contribution in [0.2, 0.25) is 0 Å². The fraction of sp³-hybridized carbons (Fsp3) is 0.467. The Bertz CT molecular complexity index is 1100. The Morgan fingerprint density at radius 3 is 2.25 bits per heavy atom. The molecule has 2 aliphatic carbocycles. The van der Waals surface area contributed by atoms with Crippen LogP contribution in [0.1, 0.15) is 80.9 Å². The summed E-state index contributed by atoms with van der Waals surface area (Å²) in [7, 11) is 0. The summed E-state index contributed by atoms with van der Waals surface area (Å²) in [5, 5.41) is 0. The van der Waals surface area contributed by atoms with Crippen LogP contribution < -0.4 is 4.74 Å². The van der Waals surface area contributed by atoms with Crippen molar-refractivity contribution in [3.63, 3.8) is 0 Å². The van der Waals surface area contributed by atoms with Crippen molar-refractivity contribution in [2.75, 3.05) is 0 Å². The fourth-order valence-corrected chi connectivity index (χ4v) is 5.87. The third-order valence-corrected chi connectivity index (χ3v) is 7.65. The minimum absolute atomic E-state index is 0.151. The van der Waals surface area contributed by atoms with Gasteiger partial charge in [-0.2, -0.15) is 0 Å². The summed E-state index contributed by atoms with van der Waals surface area (Å²) in [6, 6.07) is 7.65. The second-order valence-electron chi connectivity index (χ2n) is 10.0. The molecular weight excluding hydrogens is 471 g/mol. The molecule has 36 heavy (non-hydrogen) atoms.